The van der Waals surface area contributed by atoms with Crippen molar-refractivity contribution in [2.45, 2.75) is 26.2 Å². The summed E-state index contributed by atoms with van der Waals surface area (Å²) in [6, 6.07) is 16.2. The standard InChI is InChI=1S/C23H26N2O5/c1-23(2,21(28)25-13-20(26)27)11-12-24-22(29)30-14-19-17-9-5-3-7-15(17)16-8-4-6-10-18(16)19/h3-10,19H,11-14H2,1-2H3,(H,24,29)(H,25,28)(H,26,27). The Balaban J connectivity index is 1.51. The summed E-state index contributed by atoms with van der Waals surface area (Å²) in [7, 11) is 0. The molecule has 0 unspecified atom stereocenters. The first-order chi connectivity index (χ1) is 14.3. The predicted octanol–water partition coefficient (Wildman–Crippen LogP) is 3.14. The van der Waals surface area contributed by atoms with Gasteiger partial charge in [0.2, 0.25) is 5.91 Å². The van der Waals surface area contributed by atoms with Crippen molar-refractivity contribution in [1.82, 2.24) is 10.6 Å². The van der Waals surface area contributed by atoms with Crippen LogP contribution < -0.4 is 10.6 Å². The van der Waals surface area contributed by atoms with Crippen LogP contribution >= 0.6 is 0 Å². The zero-order valence-electron chi connectivity index (χ0n) is 17.1. The van der Waals surface area contributed by atoms with Crippen LogP contribution in [0.2, 0.25) is 0 Å². The number of carbonyl (C=O) groups is 3. The Morgan fingerprint density at radius 3 is 2.10 bits per heavy atom. The molecule has 7 nitrogen and oxygen atoms in total. The summed E-state index contributed by atoms with van der Waals surface area (Å²) < 4.78 is 5.47. The first-order valence-corrected chi connectivity index (χ1v) is 9.88. The molecule has 1 aliphatic carbocycles. The fourth-order valence-electron chi connectivity index (χ4n) is 3.64. The number of ether oxygens (including phenoxy) is 1. The quantitative estimate of drug-likeness (QED) is 0.620. The fourth-order valence-corrected chi connectivity index (χ4v) is 3.64. The molecule has 1 aliphatic rings. The van der Waals surface area contributed by atoms with Gasteiger partial charge in [-0.15, -0.1) is 0 Å². The lowest BCUT2D eigenvalue weighted by atomic mass is 9.88. The van der Waals surface area contributed by atoms with Crippen molar-refractivity contribution < 1.29 is 24.2 Å². The summed E-state index contributed by atoms with van der Waals surface area (Å²) in [5.74, 6) is -1.49. The van der Waals surface area contributed by atoms with E-state index in [1.54, 1.807) is 13.8 Å². The molecule has 0 aromatic heterocycles. The van der Waals surface area contributed by atoms with Crippen molar-refractivity contribution in [1.29, 1.82) is 0 Å². The van der Waals surface area contributed by atoms with Gasteiger partial charge < -0.3 is 20.5 Å². The molecule has 0 saturated heterocycles. The third-order valence-corrected chi connectivity index (χ3v) is 5.38. The van der Waals surface area contributed by atoms with Gasteiger partial charge in [-0.1, -0.05) is 62.4 Å². The summed E-state index contributed by atoms with van der Waals surface area (Å²) in [6.45, 7) is 3.43. The minimum absolute atomic E-state index is 0.0126. The van der Waals surface area contributed by atoms with Gasteiger partial charge in [-0.2, -0.15) is 0 Å². The van der Waals surface area contributed by atoms with Crippen LogP contribution in [0.1, 0.15) is 37.3 Å². The molecule has 0 aliphatic heterocycles. The molecule has 7 heteroatoms. The molecule has 0 bridgehead atoms. The normalized spacial score (nSPS) is 12.6. The van der Waals surface area contributed by atoms with Crippen LogP contribution in [-0.4, -0.2) is 42.8 Å². The van der Waals surface area contributed by atoms with Gasteiger partial charge in [0.1, 0.15) is 13.2 Å². The number of aliphatic carboxylic acids is 1. The van der Waals surface area contributed by atoms with Crippen molar-refractivity contribution in [3.05, 3.63) is 59.7 Å². The van der Waals surface area contributed by atoms with Crippen LogP contribution in [0.4, 0.5) is 4.79 Å². The van der Waals surface area contributed by atoms with E-state index in [-0.39, 0.29) is 25.0 Å². The third kappa shape index (κ3) is 4.79. The molecule has 30 heavy (non-hydrogen) atoms. The number of hydrogen-bond acceptors (Lipinski definition) is 4. The number of fused-ring (bicyclic) bond motifs is 3. The van der Waals surface area contributed by atoms with E-state index in [9.17, 15) is 14.4 Å². The van der Waals surface area contributed by atoms with Crippen molar-refractivity contribution in [2.24, 2.45) is 5.41 Å². The molecule has 0 fully saturated rings. The minimum atomic E-state index is -1.10. The maximum atomic E-state index is 12.2. The van der Waals surface area contributed by atoms with Gasteiger partial charge >= 0.3 is 12.1 Å². The minimum Gasteiger partial charge on any atom is -0.480 e. The van der Waals surface area contributed by atoms with Gasteiger partial charge in [0.25, 0.3) is 0 Å². The monoisotopic (exact) mass is 410 g/mol. The Kier molecular flexibility index (Phi) is 6.40. The highest BCUT2D eigenvalue weighted by Crippen LogP contribution is 2.44. The molecule has 3 N–H and O–H groups in total. The molecule has 0 saturated carbocycles. The van der Waals surface area contributed by atoms with Crippen molar-refractivity contribution in [3.8, 4) is 11.1 Å². The third-order valence-electron chi connectivity index (χ3n) is 5.38. The van der Waals surface area contributed by atoms with Gasteiger partial charge in [-0.05, 0) is 28.7 Å². The van der Waals surface area contributed by atoms with Crippen LogP contribution in [0.5, 0.6) is 0 Å². The summed E-state index contributed by atoms with van der Waals surface area (Å²) in [5.41, 5.74) is 3.80. The number of carboxylic acid groups (broad SMARTS) is 1. The lowest BCUT2D eigenvalue weighted by Crippen LogP contribution is -2.41. The van der Waals surface area contributed by atoms with Gasteiger partial charge in [0, 0.05) is 17.9 Å². The van der Waals surface area contributed by atoms with Crippen molar-refractivity contribution in [2.75, 3.05) is 19.7 Å². The summed E-state index contributed by atoms with van der Waals surface area (Å²) in [4.78, 5) is 34.8. The molecule has 0 radical (unpaired) electrons. The van der Waals surface area contributed by atoms with E-state index < -0.39 is 24.0 Å². The molecule has 0 spiro atoms. The topological polar surface area (TPSA) is 105 Å². The van der Waals surface area contributed by atoms with Gasteiger partial charge in [-0.25, -0.2) is 4.79 Å². The van der Waals surface area contributed by atoms with Crippen molar-refractivity contribution >= 4 is 18.0 Å². The van der Waals surface area contributed by atoms with Gasteiger partial charge in [-0.3, -0.25) is 9.59 Å². The average Bonchev–Trinajstić information content (AvgIpc) is 3.04. The number of nitrogens with one attached hydrogen (secondary N) is 2. The predicted molar refractivity (Wildman–Crippen MR) is 112 cm³/mol. The second-order valence-electron chi connectivity index (χ2n) is 7.96. The second kappa shape index (κ2) is 8.98. The van der Waals surface area contributed by atoms with E-state index >= 15 is 0 Å². The van der Waals surface area contributed by atoms with Crippen LogP contribution in [0, 0.1) is 5.41 Å². The number of benzene rings is 2. The number of alkyl carbamates (subject to hydrolysis) is 1. The van der Waals surface area contributed by atoms with Crippen LogP contribution in [0.25, 0.3) is 11.1 Å². The lowest BCUT2D eigenvalue weighted by Gasteiger charge is -2.23. The number of amides is 2. The largest absolute Gasteiger partial charge is 0.480 e. The Hall–Kier alpha value is -3.35. The Morgan fingerprint density at radius 2 is 1.53 bits per heavy atom. The maximum Gasteiger partial charge on any atom is 0.407 e. The first kappa shape index (κ1) is 21.4. The average molecular weight is 410 g/mol. The lowest BCUT2D eigenvalue weighted by molar-refractivity contribution is -0.139. The molecule has 158 valence electrons. The van der Waals surface area contributed by atoms with E-state index in [0.717, 1.165) is 22.3 Å². The van der Waals surface area contributed by atoms with Gasteiger partial charge in [0.05, 0.1) is 0 Å². The molecule has 2 aromatic carbocycles. The molecule has 0 atom stereocenters. The SMILES string of the molecule is CC(C)(CCNC(=O)OCC1c2ccccc2-c2ccccc21)C(=O)NCC(=O)O. The fraction of sp³-hybridized carbons (Fsp3) is 0.348. The highest BCUT2D eigenvalue weighted by molar-refractivity contribution is 5.85. The zero-order valence-corrected chi connectivity index (χ0v) is 17.1. The van der Waals surface area contributed by atoms with Crippen LogP contribution in [-0.2, 0) is 14.3 Å². The Labute approximate surface area is 175 Å². The zero-order chi connectivity index (χ0) is 21.7. The second-order valence-corrected chi connectivity index (χ2v) is 7.96. The molecule has 2 amide bonds. The molecule has 2 aromatic rings. The molecular weight excluding hydrogens is 384 g/mol. The number of hydrogen-bond donors (Lipinski definition) is 3. The number of rotatable bonds is 8. The van der Waals surface area contributed by atoms with E-state index in [4.69, 9.17) is 9.84 Å². The van der Waals surface area contributed by atoms with Crippen LogP contribution in [0.3, 0.4) is 0 Å². The number of carboxylic acids is 1. The summed E-state index contributed by atoms with van der Waals surface area (Å²) >= 11 is 0. The highest BCUT2D eigenvalue weighted by atomic mass is 16.5. The maximum absolute atomic E-state index is 12.2. The van der Waals surface area contributed by atoms with E-state index in [1.165, 1.54) is 0 Å². The summed E-state index contributed by atoms with van der Waals surface area (Å²) in [6.07, 6.45) is -0.193. The summed E-state index contributed by atoms with van der Waals surface area (Å²) in [5, 5.41) is 13.7. The molecular formula is C23H26N2O5. The van der Waals surface area contributed by atoms with E-state index in [1.807, 2.05) is 24.3 Å². The van der Waals surface area contributed by atoms with E-state index in [2.05, 4.69) is 34.9 Å². The molecule has 0 heterocycles. The number of carbonyl (C=O) groups excluding carboxylic acids is 2. The first-order valence-electron chi connectivity index (χ1n) is 9.88. The van der Waals surface area contributed by atoms with E-state index in [0.29, 0.717) is 6.42 Å². The van der Waals surface area contributed by atoms with Crippen LogP contribution in [0.15, 0.2) is 48.5 Å². The Bertz CT molecular complexity index is 909. The Morgan fingerprint density at radius 1 is 0.967 bits per heavy atom. The highest BCUT2D eigenvalue weighted by Gasteiger charge is 2.30. The van der Waals surface area contributed by atoms with Gasteiger partial charge in [0.15, 0.2) is 0 Å². The smallest absolute Gasteiger partial charge is 0.407 e. The van der Waals surface area contributed by atoms with Crippen molar-refractivity contribution in [3.63, 3.8) is 0 Å². The molecule has 3 rings (SSSR count).